The summed E-state index contributed by atoms with van der Waals surface area (Å²) in [4.78, 5) is 10.9. The van der Waals surface area contributed by atoms with Crippen LogP contribution in [0, 0.1) is 5.92 Å². The Hall–Kier alpha value is -0.670. The number of methoxy groups -OCH3 is 1. The Balaban J connectivity index is 2.40. The summed E-state index contributed by atoms with van der Waals surface area (Å²) in [6.45, 7) is 6.13. The van der Waals surface area contributed by atoms with Crippen LogP contribution in [0.1, 0.15) is 26.2 Å². The van der Waals surface area contributed by atoms with E-state index in [0.29, 0.717) is 18.9 Å². The van der Waals surface area contributed by atoms with Gasteiger partial charge in [-0.2, -0.15) is 0 Å². The molecule has 0 N–H and O–H groups in total. The summed E-state index contributed by atoms with van der Waals surface area (Å²) in [5, 5.41) is 0. The molecule has 1 saturated heterocycles. The molecule has 3 nitrogen and oxygen atoms in total. The minimum Gasteiger partial charge on any atom is -0.356 e. The molecule has 0 bridgehead atoms. The molecule has 0 aliphatic carbocycles. The average molecular weight is 198 g/mol. The van der Waals surface area contributed by atoms with Gasteiger partial charge in [-0.05, 0) is 24.8 Å². The topological polar surface area (TPSA) is 35.5 Å². The average Bonchev–Trinajstić information content (AvgIpc) is 2.16. The molecule has 1 fully saturated rings. The number of hydrogen-bond acceptors (Lipinski definition) is 3. The van der Waals surface area contributed by atoms with E-state index in [0.717, 1.165) is 18.4 Å². The fourth-order valence-corrected chi connectivity index (χ4v) is 1.65. The van der Waals surface area contributed by atoms with Crippen LogP contribution in [0.5, 0.6) is 0 Å². The third kappa shape index (κ3) is 3.24. The first-order valence-corrected chi connectivity index (χ1v) is 4.95. The fourth-order valence-electron chi connectivity index (χ4n) is 1.65. The first-order chi connectivity index (χ1) is 6.63. The zero-order chi connectivity index (χ0) is 10.6. The second-order valence-electron chi connectivity index (χ2n) is 3.81. The molecule has 0 amide bonds. The predicted octanol–water partition coefficient (Wildman–Crippen LogP) is 1.92. The normalized spacial score (nSPS) is 27.7. The van der Waals surface area contributed by atoms with Crippen LogP contribution in [0.4, 0.5) is 0 Å². The van der Waals surface area contributed by atoms with Gasteiger partial charge in [0, 0.05) is 20.0 Å². The number of ketones is 1. The van der Waals surface area contributed by atoms with Crippen LogP contribution in [0.2, 0.25) is 0 Å². The Morgan fingerprint density at radius 2 is 2.43 bits per heavy atom. The quantitative estimate of drug-likeness (QED) is 0.647. The van der Waals surface area contributed by atoms with E-state index in [4.69, 9.17) is 9.47 Å². The highest BCUT2D eigenvalue weighted by Gasteiger charge is 2.25. The molecule has 3 heteroatoms. The first-order valence-electron chi connectivity index (χ1n) is 4.95. The number of carbonyl (C=O) groups is 1. The van der Waals surface area contributed by atoms with Crippen LogP contribution in [0.3, 0.4) is 0 Å². The molecule has 1 aliphatic heterocycles. The van der Waals surface area contributed by atoms with Gasteiger partial charge in [0.15, 0.2) is 6.29 Å². The van der Waals surface area contributed by atoms with Crippen LogP contribution in [-0.4, -0.2) is 25.8 Å². The Morgan fingerprint density at radius 1 is 1.71 bits per heavy atom. The summed E-state index contributed by atoms with van der Waals surface area (Å²) in [7, 11) is 1.64. The highest BCUT2D eigenvalue weighted by atomic mass is 16.7. The summed E-state index contributed by atoms with van der Waals surface area (Å²) in [6, 6.07) is 0. The van der Waals surface area contributed by atoms with E-state index in [2.05, 4.69) is 6.58 Å². The van der Waals surface area contributed by atoms with E-state index >= 15 is 0 Å². The lowest BCUT2D eigenvalue weighted by molar-refractivity contribution is -0.143. The summed E-state index contributed by atoms with van der Waals surface area (Å²) in [5.74, 6) is 0.607. The summed E-state index contributed by atoms with van der Waals surface area (Å²) >= 11 is 0. The van der Waals surface area contributed by atoms with E-state index in [1.807, 2.05) is 0 Å². The molecule has 0 saturated carbocycles. The standard InChI is InChI=1S/C11H18O3/c1-8-7-14-11(13-3)6-10(8)5-4-9(2)12/h10-11H,1,4-7H2,2-3H3/t10-,11-/m0/s1. The highest BCUT2D eigenvalue weighted by molar-refractivity contribution is 5.75. The van der Waals surface area contributed by atoms with Gasteiger partial charge < -0.3 is 14.3 Å². The number of Topliss-reactive ketones (excluding diaryl/α,β-unsaturated/α-hetero) is 1. The van der Waals surface area contributed by atoms with Gasteiger partial charge in [0.05, 0.1) is 6.61 Å². The smallest absolute Gasteiger partial charge is 0.158 e. The molecule has 1 aliphatic rings. The lowest BCUT2D eigenvalue weighted by atomic mass is 9.89. The maximum atomic E-state index is 10.9. The molecule has 14 heavy (non-hydrogen) atoms. The van der Waals surface area contributed by atoms with Crippen molar-refractivity contribution < 1.29 is 14.3 Å². The molecule has 0 radical (unpaired) electrons. The number of hydrogen-bond donors (Lipinski definition) is 0. The Morgan fingerprint density at radius 3 is 3.00 bits per heavy atom. The van der Waals surface area contributed by atoms with Crippen LogP contribution < -0.4 is 0 Å². The molecule has 1 rings (SSSR count). The Bertz CT molecular complexity index is 223. The van der Waals surface area contributed by atoms with Crippen LogP contribution in [0.15, 0.2) is 12.2 Å². The molecular weight excluding hydrogens is 180 g/mol. The number of ether oxygens (including phenoxy) is 2. The molecule has 0 aromatic heterocycles. The summed E-state index contributed by atoms with van der Waals surface area (Å²) < 4.78 is 10.5. The van der Waals surface area contributed by atoms with E-state index in [1.165, 1.54) is 0 Å². The van der Waals surface area contributed by atoms with Gasteiger partial charge >= 0.3 is 0 Å². The monoisotopic (exact) mass is 198 g/mol. The van der Waals surface area contributed by atoms with Gasteiger partial charge in [-0.15, -0.1) is 0 Å². The number of rotatable bonds is 4. The van der Waals surface area contributed by atoms with Crippen molar-refractivity contribution in [3.8, 4) is 0 Å². The van der Waals surface area contributed by atoms with Crippen molar-refractivity contribution in [1.29, 1.82) is 0 Å². The number of carbonyl (C=O) groups excluding carboxylic acids is 1. The lowest BCUT2D eigenvalue weighted by Crippen LogP contribution is -2.29. The molecule has 1 heterocycles. The van der Waals surface area contributed by atoms with Crippen molar-refractivity contribution in [2.24, 2.45) is 5.92 Å². The summed E-state index contributed by atoms with van der Waals surface area (Å²) in [6.07, 6.45) is 2.19. The second kappa shape index (κ2) is 5.27. The predicted molar refractivity (Wildman–Crippen MR) is 53.9 cm³/mol. The van der Waals surface area contributed by atoms with Gasteiger partial charge in [-0.3, -0.25) is 0 Å². The third-order valence-corrected chi connectivity index (χ3v) is 2.62. The van der Waals surface area contributed by atoms with Crippen molar-refractivity contribution in [3.05, 3.63) is 12.2 Å². The fraction of sp³-hybridized carbons (Fsp3) is 0.727. The molecule has 0 aromatic rings. The Labute approximate surface area is 85.1 Å². The SMILES string of the molecule is C=C1CO[C@H](OC)C[C@@H]1CCC(C)=O. The van der Waals surface area contributed by atoms with Gasteiger partial charge in [0.2, 0.25) is 0 Å². The van der Waals surface area contributed by atoms with E-state index in [1.54, 1.807) is 14.0 Å². The molecule has 0 spiro atoms. The third-order valence-electron chi connectivity index (χ3n) is 2.62. The summed E-state index contributed by atoms with van der Waals surface area (Å²) in [5.41, 5.74) is 1.08. The minimum atomic E-state index is -0.127. The minimum absolute atomic E-state index is 0.127. The van der Waals surface area contributed by atoms with Gasteiger partial charge in [0.25, 0.3) is 0 Å². The molecular formula is C11H18O3. The van der Waals surface area contributed by atoms with Gasteiger partial charge in [-0.1, -0.05) is 6.58 Å². The molecule has 0 unspecified atom stereocenters. The van der Waals surface area contributed by atoms with E-state index in [9.17, 15) is 4.79 Å². The lowest BCUT2D eigenvalue weighted by Gasteiger charge is -2.30. The zero-order valence-corrected chi connectivity index (χ0v) is 8.91. The van der Waals surface area contributed by atoms with E-state index in [-0.39, 0.29) is 12.1 Å². The molecule has 0 aromatic carbocycles. The first kappa shape index (κ1) is 11.4. The Kier molecular flexibility index (Phi) is 4.29. The van der Waals surface area contributed by atoms with Crippen molar-refractivity contribution in [3.63, 3.8) is 0 Å². The van der Waals surface area contributed by atoms with Crippen LogP contribution >= 0.6 is 0 Å². The molecule has 80 valence electrons. The van der Waals surface area contributed by atoms with Crippen molar-refractivity contribution >= 4 is 5.78 Å². The maximum absolute atomic E-state index is 10.9. The van der Waals surface area contributed by atoms with Gasteiger partial charge in [-0.25, -0.2) is 0 Å². The van der Waals surface area contributed by atoms with Crippen LogP contribution in [0.25, 0.3) is 0 Å². The van der Waals surface area contributed by atoms with Crippen molar-refractivity contribution in [2.75, 3.05) is 13.7 Å². The van der Waals surface area contributed by atoms with Crippen molar-refractivity contribution in [2.45, 2.75) is 32.5 Å². The highest BCUT2D eigenvalue weighted by Crippen LogP contribution is 2.28. The van der Waals surface area contributed by atoms with Crippen LogP contribution in [-0.2, 0) is 14.3 Å². The van der Waals surface area contributed by atoms with E-state index < -0.39 is 0 Å². The molecule has 2 atom stereocenters. The maximum Gasteiger partial charge on any atom is 0.158 e. The zero-order valence-electron chi connectivity index (χ0n) is 8.91. The largest absolute Gasteiger partial charge is 0.356 e. The second-order valence-corrected chi connectivity index (χ2v) is 3.81. The van der Waals surface area contributed by atoms with Crippen molar-refractivity contribution in [1.82, 2.24) is 0 Å². The van der Waals surface area contributed by atoms with Gasteiger partial charge in [0.1, 0.15) is 5.78 Å².